The molecule has 0 spiro atoms. The second kappa shape index (κ2) is 11.4. The summed E-state index contributed by atoms with van der Waals surface area (Å²) in [7, 11) is 1.58. The number of anilines is 1. The van der Waals surface area contributed by atoms with Crippen LogP contribution in [0.2, 0.25) is 0 Å². The quantitative estimate of drug-likeness (QED) is 0.425. The summed E-state index contributed by atoms with van der Waals surface area (Å²) in [5.41, 5.74) is 2.71. The van der Waals surface area contributed by atoms with Gasteiger partial charge in [-0.1, -0.05) is 13.8 Å². The van der Waals surface area contributed by atoms with E-state index in [1.165, 1.54) is 0 Å². The van der Waals surface area contributed by atoms with Crippen molar-refractivity contribution in [2.45, 2.75) is 26.8 Å². The molecule has 166 valence electrons. The van der Waals surface area contributed by atoms with Gasteiger partial charge >= 0.3 is 0 Å². The predicted molar refractivity (Wildman–Crippen MR) is 122 cm³/mol. The van der Waals surface area contributed by atoms with E-state index in [9.17, 15) is 4.79 Å². The molecule has 0 radical (unpaired) electrons. The van der Waals surface area contributed by atoms with Gasteiger partial charge in [0.2, 0.25) is 5.88 Å². The van der Waals surface area contributed by atoms with Crippen molar-refractivity contribution >= 4 is 17.0 Å². The molecule has 9 nitrogen and oxygen atoms in total. The Morgan fingerprint density at radius 3 is 2.61 bits per heavy atom. The number of fused-ring (bicyclic) bond motifs is 1. The minimum atomic E-state index is -0.184. The summed E-state index contributed by atoms with van der Waals surface area (Å²) in [6, 6.07) is 5.62. The van der Waals surface area contributed by atoms with Crippen LogP contribution in [0, 0.1) is 0 Å². The Labute approximate surface area is 181 Å². The number of likely N-dealkylation sites (N-methyl/N-ethyl adjacent to an activating group) is 1. The molecule has 3 aromatic rings. The molecule has 2 N–H and O–H groups in total. The molecule has 0 aromatic carbocycles. The summed E-state index contributed by atoms with van der Waals surface area (Å²) in [6.07, 6.45) is 4.39. The second-order valence-corrected chi connectivity index (χ2v) is 6.97. The van der Waals surface area contributed by atoms with E-state index in [0.29, 0.717) is 49.2 Å². The standard InChI is InChI=1S/C22H30N6O3/c1-4-11-31-12-10-28-18-13-17(16-6-7-19(30-3)25-14-16)15-26-20(18)27-21(22(28)29)24-9-8-23-5-2/h6-7,13-15,23H,4-5,8-12H2,1-3H3,(H,24,26,27). The van der Waals surface area contributed by atoms with E-state index in [2.05, 4.69) is 32.5 Å². The lowest BCUT2D eigenvalue weighted by atomic mass is 10.1. The van der Waals surface area contributed by atoms with Gasteiger partial charge in [-0.3, -0.25) is 9.36 Å². The number of pyridine rings is 2. The normalized spacial score (nSPS) is 11.1. The van der Waals surface area contributed by atoms with Crippen LogP contribution in [-0.2, 0) is 11.3 Å². The third-order valence-corrected chi connectivity index (χ3v) is 4.73. The molecule has 3 aromatic heterocycles. The average Bonchev–Trinajstić information content (AvgIpc) is 2.81. The fraction of sp³-hybridized carbons (Fsp3) is 0.455. The van der Waals surface area contributed by atoms with Gasteiger partial charge in [0.15, 0.2) is 11.5 Å². The van der Waals surface area contributed by atoms with Gasteiger partial charge in [0, 0.05) is 55.8 Å². The number of rotatable bonds is 12. The van der Waals surface area contributed by atoms with Gasteiger partial charge in [-0.05, 0) is 25.1 Å². The summed E-state index contributed by atoms with van der Waals surface area (Å²) in [5, 5.41) is 6.35. The third kappa shape index (κ3) is 5.77. The molecule has 0 fully saturated rings. The van der Waals surface area contributed by atoms with Gasteiger partial charge < -0.3 is 20.1 Å². The van der Waals surface area contributed by atoms with Gasteiger partial charge in [-0.15, -0.1) is 0 Å². The summed E-state index contributed by atoms with van der Waals surface area (Å²) >= 11 is 0. The van der Waals surface area contributed by atoms with Crippen LogP contribution in [0.25, 0.3) is 22.3 Å². The van der Waals surface area contributed by atoms with Gasteiger partial charge in [-0.2, -0.15) is 0 Å². The zero-order chi connectivity index (χ0) is 22.1. The molecule has 9 heteroatoms. The van der Waals surface area contributed by atoms with E-state index in [0.717, 1.165) is 30.6 Å². The van der Waals surface area contributed by atoms with Crippen LogP contribution in [0.1, 0.15) is 20.3 Å². The molecular weight excluding hydrogens is 396 g/mol. The lowest BCUT2D eigenvalue weighted by Gasteiger charge is -2.14. The monoisotopic (exact) mass is 426 g/mol. The minimum Gasteiger partial charge on any atom is -0.481 e. The maximum absolute atomic E-state index is 13.1. The Balaban J connectivity index is 1.97. The van der Waals surface area contributed by atoms with Crippen molar-refractivity contribution in [3.8, 4) is 17.0 Å². The van der Waals surface area contributed by atoms with Crippen LogP contribution in [0.3, 0.4) is 0 Å². The highest BCUT2D eigenvalue weighted by molar-refractivity contribution is 5.78. The van der Waals surface area contributed by atoms with Crippen LogP contribution in [0.5, 0.6) is 5.88 Å². The smallest absolute Gasteiger partial charge is 0.293 e. The first-order valence-electron chi connectivity index (χ1n) is 10.6. The fourth-order valence-electron chi connectivity index (χ4n) is 3.14. The fourth-order valence-corrected chi connectivity index (χ4v) is 3.14. The highest BCUT2D eigenvalue weighted by Crippen LogP contribution is 2.23. The van der Waals surface area contributed by atoms with Crippen molar-refractivity contribution < 1.29 is 9.47 Å². The highest BCUT2D eigenvalue weighted by atomic mass is 16.5. The summed E-state index contributed by atoms with van der Waals surface area (Å²) in [4.78, 5) is 26.4. The van der Waals surface area contributed by atoms with Crippen molar-refractivity contribution in [1.29, 1.82) is 0 Å². The molecule has 0 aliphatic rings. The van der Waals surface area contributed by atoms with Crippen molar-refractivity contribution in [3.63, 3.8) is 0 Å². The first-order chi connectivity index (χ1) is 15.2. The average molecular weight is 427 g/mol. The van der Waals surface area contributed by atoms with E-state index >= 15 is 0 Å². The molecular formula is C22H30N6O3. The number of hydrogen-bond acceptors (Lipinski definition) is 8. The first-order valence-corrected chi connectivity index (χ1v) is 10.6. The summed E-state index contributed by atoms with van der Waals surface area (Å²) < 4.78 is 12.4. The molecule has 0 unspecified atom stereocenters. The van der Waals surface area contributed by atoms with E-state index in [-0.39, 0.29) is 5.56 Å². The van der Waals surface area contributed by atoms with Gasteiger partial charge in [0.1, 0.15) is 0 Å². The van der Waals surface area contributed by atoms with Crippen LogP contribution >= 0.6 is 0 Å². The first kappa shape index (κ1) is 22.6. The topological polar surface area (TPSA) is 103 Å². The number of aromatic nitrogens is 4. The zero-order valence-corrected chi connectivity index (χ0v) is 18.4. The van der Waals surface area contributed by atoms with Crippen LogP contribution in [0.15, 0.2) is 35.4 Å². The number of nitrogens with zero attached hydrogens (tertiary/aromatic N) is 4. The Morgan fingerprint density at radius 2 is 1.90 bits per heavy atom. The van der Waals surface area contributed by atoms with Crippen LogP contribution in [-0.4, -0.2) is 59.5 Å². The van der Waals surface area contributed by atoms with Gasteiger partial charge in [0.05, 0.1) is 19.2 Å². The number of ether oxygens (including phenoxy) is 2. The van der Waals surface area contributed by atoms with Crippen LogP contribution < -0.4 is 20.9 Å². The SMILES string of the molecule is CCCOCCn1c(=O)c(NCCNCC)nc2ncc(-c3ccc(OC)nc3)cc21. The Bertz CT molecular complexity index is 1040. The van der Waals surface area contributed by atoms with Crippen molar-refractivity contribution in [1.82, 2.24) is 24.8 Å². The second-order valence-electron chi connectivity index (χ2n) is 6.97. The zero-order valence-electron chi connectivity index (χ0n) is 18.4. The maximum atomic E-state index is 13.1. The Morgan fingerprint density at radius 1 is 1.06 bits per heavy atom. The molecule has 0 saturated heterocycles. The van der Waals surface area contributed by atoms with Crippen molar-refractivity contribution in [2.75, 3.05) is 45.3 Å². The predicted octanol–water partition coefficient (Wildman–Crippen LogP) is 2.31. The molecule has 0 aliphatic heterocycles. The maximum Gasteiger partial charge on any atom is 0.293 e. The number of nitrogens with one attached hydrogen (secondary N) is 2. The number of methoxy groups -OCH3 is 1. The molecule has 0 amide bonds. The molecule has 3 rings (SSSR count). The molecule has 0 atom stereocenters. The largest absolute Gasteiger partial charge is 0.481 e. The van der Waals surface area contributed by atoms with Gasteiger partial charge in [0.25, 0.3) is 5.56 Å². The van der Waals surface area contributed by atoms with Gasteiger partial charge in [-0.25, -0.2) is 15.0 Å². The van der Waals surface area contributed by atoms with Crippen molar-refractivity contribution in [3.05, 3.63) is 40.9 Å². The van der Waals surface area contributed by atoms with E-state index in [4.69, 9.17) is 9.47 Å². The molecule has 0 aliphatic carbocycles. The van der Waals surface area contributed by atoms with E-state index in [1.807, 2.05) is 19.1 Å². The Hall–Kier alpha value is -3.04. The Kier molecular flexibility index (Phi) is 8.31. The third-order valence-electron chi connectivity index (χ3n) is 4.73. The lowest BCUT2D eigenvalue weighted by Crippen LogP contribution is -2.30. The van der Waals surface area contributed by atoms with Crippen LogP contribution in [0.4, 0.5) is 5.82 Å². The highest BCUT2D eigenvalue weighted by Gasteiger charge is 2.13. The van der Waals surface area contributed by atoms with E-state index < -0.39 is 0 Å². The summed E-state index contributed by atoms with van der Waals surface area (Å²) in [6.45, 7) is 7.83. The molecule has 0 bridgehead atoms. The minimum absolute atomic E-state index is 0.184. The molecule has 0 saturated carbocycles. The van der Waals surface area contributed by atoms with E-state index in [1.54, 1.807) is 30.1 Å². The molecule has 3 heterocycles. The lowest BCUT2D eigenvalue weighted by molar-refractivity contribution is 0.127. The molecule has 31 heavy (non-hydrogen) atoms. The van der Waals surface area contributed by atoms with Crippen molar-refractivity contribution in [2.24, 2.45) is 0 Å². The summed E-state index contributed by atoms with van der Waals surface area (Å²) in [5.74, 6) is 0.838. The number of hydrogen-bond donors (Lipinski definition) is 2.